The van der Waals surface area contributed by atoms with Crippen molar-refractivity contribution in [2.45, 2.75) is 13.8 Å². The molecule has 1 aromatic heterocycles. The van der Waals surface area contributed by atoms with Gasteiger partial charge in [0.25, 0.3) is 5.69 Å². The van der Waals surface area contributed by atoms with Crippen LogP contribution in [0, 0.1) is 24.0 Å². The van der Waals surface area contributed by atoms with Crippen LogP contribution >= 0.6 is 0 Å². The Morgan fingerprint density at radius 1 is 1.29 bits per heavy atom. The maximum Gasteiger partial charge on any atom is 0.354 e. The predicted molar refractivity (Wildman–Crippen MR) is 73.8 cm³/mol. The molecule has 0 aliphatic rings. The number of rotatable bonds is 4. The van der Waals surface area contributed by atoms with Crippen molar-refractivity contribution in [2.24, 2.45) is 0 Å². The summed E-state index contributed by atoms with van der Waals surface area (Å²) in [6.07, 6.45) is 0. The molecule has 108 valence electrons. The molecular weight excluding hydrogens is 276 g/mol. The van der Waals surface area contributed by atoms with Gasteiger partial charge in [-0.1, -0.05) is 6.07 Å². The molecule has 0 saturated heterocycles. The number of benzene rings is 1. The number of aryl methyl sites for hydroxylation is 2. The van der Waals surface area contributed by atoms with Crippen molar-refractivity contribution in [1.29, 1.82) is 0 Å². The van der Waals surface area contributed by atoms with Crippen LogP contribution in [0.2, 0.25) is 0 Å². The smallest absolute Gasteiger partial charge is 0.354 e. The van der Waals surface area contributed by atoms with E-state index in [9.17, 15) is 14.9 Å². The van der Waals surface area contributed by atoms with Gasteiger partial charge in [-0.05, 0) is 31.5 Å². The fourth-order valence-corrected chi connectivity index (χ4v) is 1.83. The molecule has 2 rings (SSSR count). The monoisotopic (exact) mass is 288 g/mol. The number of pyridine rings is 1. The van der Waals surface area contributed by atoms with Gasteiger partial charge in [0.05, 0.1) is 11.0 Å². The minimum Gasteiger partial charge on any atom is -0.477 e. The summed E-state index contributed by atoms with van der Waals surface area (Å²) < 4.78 is 5.47. The lowest BCUT2D eigenvalue weighted by Crippen LogP contribution is -2.01. The van der Waals surface area contributed by atoms with E-state index in [-0.39, 0.29) is 23.0 Å². The number of carbonyl (C=O) groups is 1. The quantitative estimate of drug-likeness (QED) is 0.685. The van der Waals surface area contributed by atoms with E-state index >= 15 is 0 Å². The summed E-state index contributed by atoms with van der Waals surface area (Å²) in [7, 11) is 0. The largest absolute Gasteiger partial charge is 0.477 e. The van der Waals surface area contributed by atoms with E-state index in [2.05, 4.69) is 4.98 Å². The number of nitrogens with zero attached hydrogens (tertiary/aromatic N) is 2. The van der Waals surface area contributed by atoms with Crippen molar-refractivity contribution in [3.05, 3.63) is 57.3 Å². The number of ether oxygens (including phenoxy) is 1. The zero-order valence-electron chi connectivity index (χ0n) is 11.4. The molecule has 0 radical (unpaired) electrons. The third-order valence-electron chi connectivity index (χ3n) is 2.85. The van der Waals surface area contributed by atoms with Gasteiger partial charge in [0, 0.05) is 11.6 Å². The first-order chi connectivity index (χ1) is 9.88. The predicted octanol–water partition coefficient (Wildman–Crippen LogP) is 3.10. The van der Waals surface area contributed by atoms with Gasteiger partial charge in [0.15, 0.2) is 5.69 Å². The number of nitro benzene ring substituents is 1. The highest BCUT2D eigenvalue weighted by molar-refractivity contribution is 5.85. The summed E-state index contributed by atoms with van der Waals surface area (Å²) >= 11 is 0. The number of hydrogen-bond donors (Lipinski definition) is 1. The SMILES string of the molecule is Cc1cc(C)c([N+](=O)[O-])cc1Oc1cccc(C(=O)O)n1. The summed E-state index contributed by atoms with van der Waals surface area (Å²) in [5.74, 6) is -0.842. The highest BCUT2D eigenvalue weighted by Gasteiger charge is 2.15. The molecule has 0 aliphatic carbocycles. The highest BCUT2D eigenvalue weighted by atomic mass is 16.6. The zero-order valence-corrected chi connectivity index (χ0v) is 11.4. The second-order valence-electron chi connectivity index (χ2n) is 4.43. The van der Waals surface area contributed by atoms with Crippen LogP contribution in [0.4, 0.5) is 5.69 Å². The molecule has 0 amide bonds. The molecule has 0 bridgehead atoms. The van der Waals surface area contributed by atoms with Crippen LogP contribution in [0.15, 0.2) is 30.3 Å². The first-order valence-electron chi connectivity index (χ1n) is 6.02. The Balaban J connectivity index is 2.39. The standard InChI is InChI=1S/C14H12N2O5/c1-8-6-9(2)12(7-11(8)16(19)20)21-13-5-3-4-10(15-13)14(17)18/h3-7H,1-2H3,(H,17,18). The Kier molecular flexibility index (Phi) is 3.84. The molecule has 7 heteroatoms. The van der Waals surface area contributed by atoms with Crippen molar-refractivity contribution in [1.82, 2.24) is 4.98 Å². The average molecular weight is 288 g/mol. The van der Waals surface area contributed by atoms with Gasteiger partial charge in [0.1, 0.15) is 5.75 Å². The molecule has 2 aromatic rings. The lowest BCUT2D eigenvalue weighted by atomic mass is 10.1. The molecule has 1 heterocycles. The lowest BCUT2D eigenvalue weighted by molar-refractivity contribution is -0.385. The number of nitro groups is 1. The van der Waals surface area contributed by atoms with Crippen molar-refractivity contribution in [3.8, 4) is 11.6 Å². The van der Waals surface area contributed by atoms with E-state index in [1.165, 1.54) is 24.3 Å². The molecule has 21 heavy (non-hydrogen) atoms. The van der Waals surface area contributed by atoms with Crippen molar-refractivity contribution in [2.75, 3.05) is 0 Å². The van der Waals surface area contributed by atoms with Gasteiger partial charge in [-0.2, -0.15) is 0 Å². The maximum atomic E-state index is 10.9. The van der Waals surface area contributed by atoms with Crippen LogP contribution in [-0.4, -0.2) is 21.0 Å². The van der Waals surface area contributed by atoms with E-state index in [1.807, 2.05) is 0 Å². The third kappa shape index (κ3) is 3.14. The molecule has 0 fully saturated rings. The van der Waals surface area contributed by atoms with Crippen LogP contribution in [-0.2, 0) is 0 Å². The Morgan fingerprint density at radius 2 is 2.00 bits per heavy atom. The van der Waals surface area contributed by atoms with E-state index in [0.29, 0.717) is 11.1 Å². The van der Waals surface area contributed by atoms with Crippen LogP contribution in [0.5, 0.6) is 11.6 Å². The van der Waals surface area contributed by atoms with E-state index in [0.717, 1.165) is 0 Å². The number of aromatic nitrogens is 1. The molecule has 0 spiro atoms. The first kappa shape index (κ1) is 14.4. The Labute approximate surface area is 120 Å². The second-order valence-corrected chi connectivity index (χ2v) is 4.43. The molecule has 1 N–H and O–H groups in total. The minimum absolute atomic E-state index is 0.0648. The normalized spacial score (nSPS) is 10.2. The molecule has 0 atom stereocenters. The number of aromatic carboxylic acids is 1. The summed E-state index contributed by atoms with van der Waals surface area (Å²) in [5, 5.41) is 19.8. The number of carboxylic acids is 1. The number of carboxylic acid groups (broad SMARTS) is 1. The van der Waals surface area contributed by atoms with Gasteiger partial charge in [0.2, 0.25) is 5.88 Å². The minimum atomic E-state index is -1.17. The summed E-state index contributed by atoms with van der Waals surface area (Å²) in [4.78, 5) is 25.1. The van der Waals surface area contributed by atoms with Gasteiger partial charge in [-0.15, -0.1) is 0 Å². The van der Waals surface area contributed by atoms with Crippen molar-refractivity contribution in [3.63, 3.8) is 0 Å². The van der Waals surface area contributed by atoms with E-state index < -0.39 is 10.9 Å². The summed E-state index contributed by atoms with van der Waals surface area (Å²) in [6.45, 7) is 3.38. The fraction of sp³-hybridized carbons (Fsp3) is 0.143. The number of hydrogen-bond acceptors (Lipinski definition) is 5. The Bertz CT molecular complexity index is 727. The van der Waals surface area contributed by atoms with Crippen molar-refractivity contribution < 1.29 is 19.6 Å². The molecule has 7 nitrogen and oxygen atoms in total. The van der Waals surface area contributed by atoms with Crippen LogP contribution in [0.1, 0.15) is 21.6 Å². The highest BCUT2D eigenvalue weighted by Crippen LogP contribution is 2.30. The van der Waals surface area contributed by atoms with Crippen molar-refractivity contribution >= 4 is 11.7 Å². The van der Waals surface area contributed by atoms with Gasteiger partial charge in [-0.25, -0.2) is 9.78 Å². The first-order valence-corrected chi connectivity index (χ1v) is 6.02. The summed E-state index contributed by atoms with van der Waals surface area (Å²) in [5.41, 5.74) is 0.995. The van der Waals surface area contributed by atoms with E-state index in [1.54, 1.807) is 19.9 Å². The molecule has 1 aromatic carbocycles. The molecule has 0 unspecified atom stereocenters. The van der Waals surface area contributed by atoms with Crippen LogP contribution < -0.4 is 4.74 Å². The topological polar surface area (TPSA) is 103 Å². The van der Waals surface area contributed by atoms with Crippen LogP contribution in [0.25, 0.3) is 0 Å². The lowest BCUT2D eigenvalue weighted by Gasteiger charge is -2.09. The third-order valence-corrected chi connectivity index (χ3v) is 2.85. The average Bonchev–Trinajstić information content (AvgIpc) is 2.41. The van der Waals surface area contributed by atoms with Gasteiger partial charge < -0.3 is 9.84 Å². The zero-order chi connectivity index (χ0) is 15.6. The molecular formula is C14H12N2O5. The van der Waals surface area contributed by atoms with Crippen LogP contribution in [0.3, 0.4) is 0 Å². The second kappa shape index (κ2) is 5.58. The Morgan fingerprint density at radius 3 is 2.62 bits per heavy atom. The summed E-state index contributed by atoms with van der Waals surface area (Å²) in [6, 6.07) is 7.25. The maximum absolute atomic E-state index is 10.9. The molecule has 0 aliphatic heterocycles. The Hall–Kier alpha value is -2.96. The fourth-order valence-electron chi connectivity index (χ4n) is 1.83. The van der Waals surface area contributed by atoms with Gasteiger partial charge >= 0.3 is 5.97 Å². The van der Waals surface area contributed by atoms with E-state index in [4.69, 9.17) is 9.84 Å². The van der Waals surface area contributed by atoms with Gasteiger partial charge in [-0.3, -0.25) is 10.1 Å². The molecule has 0 saturated carbocycles.